The lowest BCUT2D eigenvalue weighted by Crippen LogP contribution is -2.15. The van der Waals surface area contributed by atoms with Crippen LogP contribution in [0.5, 0.6) is 11.5 Å². The third-order valence-electron chi connectivity index (χ3n) is 4.18. The smallest absolute Gasteiger partial charge is 0.231 e. The van der Waals surface area contributed by atoms with E-state index in [2.05, 4.69) is 11.1 Å². The second-order valence-corrected chi connectivity index (χ2v) is 5.82. The molecule has 1 aromatic heterocycles. The fourth-order valence-corrected chi connectivity index (χ4v) is 2.90. The molecule has 1 atom stereocenters. The molecular weight excluding hydrogens is 316 g/mol. The normalized spacial score (nSPS) is 13.4. The van der Waals surface area contributed by atoms with Gasteiger partial charge >= 0.3 is 0 Å². The minimum atomic E-state index is -0.893. The SMILES string of the molecule is N#C[C@H](C(=O)Cc1ccc2c(c1)OCO2)c1ccc2ccccc2n1. The van der Waals surface area contributed by atoms with Gasteiger partial charge in [0.2, 0.25) is 6.79 Å². The second kappa shape index (κ2) is 6.25. The maximum Gasteiger partial charge on any atom is 0.231 e. The van der Waals surface area contributed by atoms with Crippen LogP contribution < -0.4 is 9.47 Å². The van der Waals surface area contributed by atoms with Gasteiger partial charge in [-0.15, -0.1) is 0 Å². The molecule has 0 spiro atoms. The summed E-state index contributed by atoms with van der Waals surface area (Å²) in [6, 6.07) is 18.7. The third-order valence-corrected chi connectivity index (χ3v) is 4.18. The number of pyridine rings is 1. The number of ketones is 1. The highest BCUT2D eigenvalue weighted by Crippen LogP contribution is 2.33. The molecule has 0 saturated heterocycles. The molecule has 0 fully saturated rings. The summed E-state index contributed by atoms with van der Waals surface area (Å²) in [5.74, 6) is 0.214. The number of carbonyl (C=O) groups is 1. The highest BCUT2D eigenvalue weighted by atomic mass is 16.7. The molecule has 25 heavy (non-hydrogen) atoms. The van der Waals surface area contributed by atoms with Crippen LogP contribution in [0.15, 0.2) is 54.6 Å². The number of nitriles is 1. The molecular formula is C20H14N2O3. The van der Waals surface area contributed by atoms with E-state index in [9.17, 15) is 10.1 Å². The van der Waals surface area contributed by atoms with E-state index < -0.39 is 5.92 Å². The van der Waals surface area contributed by atoms with E-state index in [4.69, 9.17) is 9.47 Å². The Morgan fingerprint density at radius 3 is 2.84 bits per heavy atom. The van der Waals surface area contributed by atoms with E-state index in [-0.39, 0.29) is 19.0 Å². The zero-order chi connectivity index (χ0) is 17.2. The number of nitrogens with zero attached hydrogens (tertiary/aromatic N) is 2. The Morgan fingerprint density at radius 1 is 1.12 bits per heavy atom. The van der Waals surface area contributed by atoms with E-state index in [1.54, 1.807) is 18.2 Å². The zero-order valence-electron chi connectivity index (χ0n) is 13.3. The van der Waals surface area contributed by atoms with Gasteiger partial charge in [-0.1, -0.05) is 30.3 Å². The van der Waals surface area contributed by atoms with Gasteiger partial charge in [0, 0.05) is 11.8 Å². The quantitative estimate of drug-likeness (QED) is 0.733. The predicted molar refractivity (Wildman–Crippen MR) is 91.4 cm³/mol. The van der Waals surface area contributed by atoms with Crippen molar-refractivity contribution in [3.63, 3.8) is 0 Å². The van der Waals surface area contributed by atoms with Crippen LogP contribution in [0.25, 0.3) is 10.9 Å². The molecule has 2 aromatic carbocycles. The van der Waals surface area contributed by atoms with Crippen LogP contribution in [0.3, 0.4) is 0 Å². The molecule has 122 valence electrons. The lowest BCUT2D eigenvalue weighted by molar-refractivity contribution is -0.118. The molecule has 0 aliphatic carbocycles. The standard InChI is InChI=1S/C20H14N2O3/c21-11-15(17-7-6-14-3-1-2-4-16(14)22-17)18(23)9-13-5-8-19-20(10-13)25-12-24-19/h1-8,10,15H,9,12H2/t15-/m0/s1. The van der Waals surface area contributed by atoms with Gasteiger partial charge in [0.15, 0.2) is 17.3 Å². The lowest BCUT2D eigenvalue weighted by atomic mass is 9.95. The molecule has 0 amide bonds. The first-order valence-corrected chi connectivity index (χ1v) is 7.91. The average molecular weight is 330 g/mol. The Morgan fingerprint density at radius 2 is 1.96 bits per heavy atom. The lowest BCUT2D eigenvalue weighted by Gasteiger charge is -2.09. The van der Waals surface area contributed by atoms with Crippen LogP contribution in [0, 0.1) is 11.3 Å². The van der Waals surface area contributed by atoms with Crippen molar-refractivity contribution in [1.82, 2.24) is 4.98 Å². The summed E-state index contributed by atoms with van der Waals surface area (Å²) in [6.07, 6.45) is 0.142. The molecule has 0 radical (unpaired) electrons. The van der Waals surface area contributed by atoms with Crippen molar-refractivity contribution in [3.05, 3.63) is 65.9 Å². The second-order valence-electron chi connectivity index (χ2n) is 5.82. The summed E-state index contributed by atoms with van der Waals surface area (Å²) >= 11 is 0. The summed E-state index contributed by atoms with van der Waals surface area (Å²) in [5.41, 5.74) is 2.04. The van der Waals surface area contributed by atoms with Crippen molar-refractivity contribution >= 4 is 16.7 Å². The molecule has 1 aliphatic rings. The third kappa shape index (κ3) is 2.90. The molecule has 2 heterocycles. The highest BCUT2D eigenvalue weighted by Gasteiger charge is 2.23. The molecule has 0 saturated carbocycles. The van der Waals surface area contributed by atoms with Gasteiger partial charge in [0.1, 0.15) is 5.92 Å². The molecule has 4 rings (SSSR count). The number of hydrogen-bond donors (Lipinski definition) is 0. The van der Waals surface area contributed by atoms with E-state index in [0.29, 0.717) is 17.2 Å². The summed E-state index contributed by atoms with van der Waals surface area (Å²) in [6.45, 7) is 0.189. The Hall–Kier alpha value is -3.39. The molecule has 0 bridgehead atoms. The van der Waals surface area contributed by atoms with Crippen LogP contribution in [0.2, 0.25) is 0 Å². The van der Waals surface area contributed by atoms with Gasteiger partial charge in [0.05, 0.1) is 17.3 Å². The Labute approximate surface area is 144 Å². The fourth-order valence-electron chi connectivity index (χ4n) is 2.90. The van der Waals surface area contributed by atoms with Crippen LogP contribution in [-0.2, 0) is 11.2 Å². The average Bonchev–Trinajstić information content (AvgIpc) is 3.10. The van der Waals surface area contributed by atoms with Gasteiger partial charge in [-0.3, -0.25) is 9.78 Å². The number of benzene rings is 2. The number of aromatic nitrogens is 1. The van der Waals surface area contributed by atoms with Crippen LogP contribution in [0.1, 0.15) is 17.2 Å². The first-order valence-electron chi connectivity index (χ1n) is 7.91. The summed E-state index contributed by atoms with van der Waals surface area (Å²) in [5, 5.41) is 10.5. The number of fused-ring (bicyclic) bond motifs is 2. The number of ether oxygens (including phenoxy) is 2. The van der Waals surface area contributed by atoms with Crippen LogP contribution in [0.4, 0.5) is 0 Å². The maximum absolute atomic E-state index is 12.6. The molecule has 3 aromatic rings. The minimum absolute atomic E-state index is 0.142. The first kappa shape index (κ1) is 15.2. The zero-order valence-corrected chi connectivity index (χ0v) is 13.3. The van der Waals surface area contributed by atoms with E-state index in [1.807, 2.05) is 36.4 Å². The van der Waals surface area contributed by atoms with Crippen LogP contribution in [-0.4, -0.2) is 17.6 Å². The van der Waals surface area contributed by atoms with Crippen molar-refractivity contribution < 1.29 is 14.3 Å². The number of carbonyl (C=O) groups excluding carboxylic acids is 1. The number of hydrogen-bond acceptors (Lipinski definition) is 5. The van der Waals surface area contributed by atoms with Gasteiger partial charge in [0.25, 0.3) is 0 Å². The summed E-state index contributed by atoms with van der Waals surface area (Å²) < 4.78 is 10.6. The number of rotatable bonds is 4. The molecule has 0 unspecified atom stereocenters. The van der Waals surface area contributed by atoms with Crippen molar-refractivity contribution in [2.45, 2.75) is 12.3 Å². The predicted octanol–water partition coefficient (Wildman–Crippen LogP) is 3.38. The van der Waals surface area contributed by atoms with E-state index in [0.717, 1.165) is 16.5 Å². The molecule has 5 heteroatoms. The summed E-state index contributed by atoms with van der Waals surface area (Å²) in [4.78, 5) is 17.1. The van der Waals surface area contributed by atoms with Crippen molar-refractivity contribution in [2.75, 3.05) is 6.79 Å². The number of para-hydroxylation sites is 1. The topological polar surface area (TPSA) is 72.2 Å². The van der Waals surface area contributed by atoms with Gasteiger partial charge in [-0.2, -0.15) is 5.26 Å². The largest absolute Gasteiger partial charge is 0.454 e. The van der Waals surface area contributed by atoms with Crippen molar-refractivity contribution in [3.8, 4) is 17.6 Å². The maximum atomic E-state index is 12.6. The monoisotopic (exact) mass is 330 g/mol. The van der Waals surface area contributed by atoms with Crippen molar-refractivity contribution in [2.24, 2.45) is 0 Å². The first-order chi connectivity index (χ1) is 12.2. The highest BCUT2D eigenvalue weighted by molar-refractivity contribution is 5.90. The Kier molecular flexibility index (Phi) is 3.79. The van der Waals surface area contributed by atoms with E-state index >= 15 is 0 Å². The van der Waals surface area contributed by atoms with E-state index in [1.165, 1.54) is 0 Å². The van der Waals surface area contributed by atoms with Gasteiger partial charge in [-0.25, -0.2) is 0 Å². The Bertz CT molecular complexity index is 1010. The van der Waals surface area contributed by atoms with Crippen molar-refractivity contribution in [1.29, 1.82) is 5.26 Å². The molecule has 5 nitrogen and oxygen atoms in total. The molecule has 0 N–H and O–H groups in total. The van der Waals surface area contributed by atoms with Gasteiger partial charge < -0.3 is 9.47 Å². The van der Waals surface area contributed by atoms with Crippen LogP contribution >= 0.6 is 0 Å². The molecule has 1 aliphatic heterocycles. The number of Topliss-reactive ketones (excluding diaryl/α,β-unsaturated/α-hetero) is 1. The fraction of sp³-hybridized carbons (Fsp3) is 0.150. The Balaban J connectivity index is 1.59. The van der Waals surface area contributed by atoms with Gasteiger partial charge in [-0.05, 0) is 29.8 Å². The summed E-state index contributed by atoms with van der Waals surface area (Å²) in [7, 11) is 0. The minimum Gasteiger partial charge on any atom is -0.454 e.